The van der Waals surface area contributed by atoms with E-state index < -0.39 is 10.8 Å². The first-order chi connectivity index (χ1) is 15.0. The van der Waals surface area contributed by atoms with Crippen molar-refractivity contribution in [3.63, 3.8) is 0 Å². The molecule has 2 aromatic rings. The lowest BCUT2D eigenvalue weighted by Gasteiger charge is -2.56. The fourth-order valence-electron chi connectivity index (χ4n) is 5.97. The number of benzene rings is 1. The van der Waals surface area contributed by atoms with Crippen LogP contribution in [0.4, 0.5) is 11.6 Å². The van der Waals surface area contributed by atoms with Gasteiger partial charge in [0.25, 0.3) is 0 Å². The summed E-state index contributed by atoms with van der Waals surface area (Å²) in [7, 11) is -1.00. The van der Waals surface area contributed by atoms with Gasteiger partial charge < -0.3 is 15.3 Å². The summed E-state index contributed by atoms with van der Waals surface area (Å²) in [6.45, 7) is 0.0953. The molecule has 0 spiro atoms. The minimum absolute atomic E-state index is 0.0953. The Morgan fingerprint density at radius 2 is 1.94 bits per heavy atom. The van der Waals surface area contributed by atoms with Crippen LogP contribution in [-0.4, -0.2) is 44.3 Å². The molecule has 0 amide bonds. The second-order valence-corrected chi connectivity index (χ2v) is 11.6. The maximum Gasteiger partial charge on any atom is 0.145 e. The van der Waals surface area contributed by atoms with Gasteiger partial charge in [-0.25, -0.2) is 4.98 Å². The normalized spacial score (nSPS) is 30.3. The standard InChI is InChI=1S/C24H28ClN3O2S/c25-18-4-2-15(3-5-18)17-10-19-13-20(11-17)28(19)21-12-16-6-9-31(30)22(16)23(26-21)27-24(14-29)7-1-8-24/h2-5,12,17,19-20,29H,1,6-11,13-14H2,(H,26,27)/t17?,19?,20?,31-/m1/s1. The maximum atomic E-state index is 12.7. The molecule has 3 aliphatic heterocycles. The lowest BCUT2D eigenvalue weighted by molar-refractivity contribution is 0.143. The molecule has 2 saturated carbocycles. The van der Waals surface area contributed by atoms with Crippen molar-refractivity contribution < 1.29 is 9.32 Å². The molecule has 7 rings (SSSR count). The van der Waals surface area contributed by atoms with Gasteiger partial charge in [-0.3, -0.25) is 4.21 Å². The Morgan fingerprint density at radius 1 is 1.19 bits per heavy atom. The lowest BCUT2D eigenvalue weighted by atomic mass is 9.71. The number of anilines is 2. The van der Waals surface area contributed by atoms with Crippen molar-refractivity contribution in [1.82, 2.24) is 4.98 Å². The maximum absolute atomic E-state index is 12.7. The molecule has 3 atom stereocenters. The fraction of sp³-hybridized carbons (Fsp3) is 0.542. The molecule has 31 heavy (non-hydrogen) atoms. The van der Waals surface area contributed by atoms with E-state index in [-0.39, 0.29) is 12.1 Å². The predicted octanol–water partition coefficient (Wildman–Crippen LogP) is 4.25. The van der Waals surface area contributed by atoms with E-state index in [1.165, 1.54) is 12.0 Å². The van der Waals surface area contributed by atoms with E-state index >= 15 is 0 Å². The summed E-state index contributed by atoms with van der Waals surface area (Å²) in [6, 6.07) is 11.5. The molecule has 4 heterocycles. The van der Waals surface area contributed by atoms with Crippen molar-refractivity contribution in [2.45, 2.75) is 73.4 Å². The van der Waals surface area contributed by atoms with Crippen LogP contribution >= 0.6 is 11.6 Å². The molecule has 1 aromatic carbocycles. The topological polar surface area (TPSA) is 65.5 Å². The molecule has 1 aromatic heterocycles. The highest BCUT2D eigenvalue weighted by Crippen LogP contribution is 2.48. The van der Waals surface area contributed by atoms with Crippen LogP contribution < -0.4 is 10.2 Å². The van der Waals surface area contributed by atoms with Crippen LogP contribution in [0.1, 0.15) is 55.6 Å². The van der Waals surface area contributed by atoms with Gasteiger partial charge in [-0.2, -0.15) is 0 Å². The van der Waals surface area contributed by atoms with Gasteiger partial charge in [0.15, 0.2) is 0 Å². The van der Waals surface area contributed by atoms with E-state index in [4.69, 9.17) is 16.6 Å². The van der Waals surface area contributed by atoms with Crippen LogP contribution in [0.25, 0.3) is 0 Å². The van der Waals surface area contributed by atoms with Gasteiger partial charge in [0.1, 0.15) is 11.6 Å². The monoisotopic (exact) mass is 457 g/mol. The average molecular weight is 458 g/mol. The number of hydrogen-bond acceptors (Lipinski definition) is 5. The molecule has 2 N–H and O–H groups in total. The fourth-order valence-corrected chi connectivity index (χ4v) is 7.47. The molecule has 2 bridgehead atoms. The molecule has 4 fully saturated rings. The number of rotatable bonds is 5. The minimum Gasteiger partial charge on any atom is -0.394 e. The Balaban J connectivity index is 1.28. The molecule has 7 heteroatoms. The first kappa shape index (κ1) is 20.0. The Hall–Kier alpha value is -1.63. The minimum atomic E-state index is -1.00. The SMILES string of the molecule is O=[S@@]1CCc2cc(N3C4CC(c5ccc(Cl)cc5)CC3C4)nc(NC3(CO)CCC3)c21. The van der Waals surface area contributed by atoms with Gasteiger partial charge in [0.2, 0.25) is 0 Å². The average Bonchev–Trinajstić information content (AvgIpc) is 3.12. The van der Waals surface area contributed by atoms with Crippen molar-refractivity contribution in [3.05, 3.63) is 46.5 Å². The zero-order valence-corrected chi connectivity index (χ0v) is 19.1. The highest BCUT2D eigenvalue weighted by Gasteiger charge is 2.47. The molecule has 0 radical (unpaired) electrons. The van der Waals surface area contributed by atoms with Gasteiger partial charge in [-0.05, 0) is 80.2 Å². The molecule has 5 nitrogen and oxygen atoms in total. The van der Waals surface area contributed by atoms with Crippen LogP contribution in [0.3, 0.4) is 0 Å². The summed E-state index contributed by atoms with van der Waals surface area (Å²) in [5.74, 6) is 3.01. The molecular formula is C24H28ClN3O2S. The number of hydrogen-bond donors (Lipinski definition) is 2. The van der Waals surface area contributed by atoms with Crippen molar-refractivity contribution >= 4 is 34.0 Å². The lowest BCUT2D eigenvalue weighted by Crippen LogP contribution is -2.61. The number of fused-ring (bicyclic) bond motifs is 3. The summed E-state index contributed by atoms with van der Waals surface area (Å²) in [4.78, 5) is 8.38. The van der Waals surface area contributed by atoms with Gasteiger partial charge in [-0.1, -0.05) is 23.7 Å². The number of aromatic nitrogens is 1. The Bertz CT molecular complexity index is 1020. The molecule has 2 saturated heterocycles. The Kier molecular flexibility index (Phi) is 4.82. The highest BCUT2D eigenvalue weighted by atomic mass is 35.5. The van der Waals surface area contributed by atoms with Crippen molar-refractivity contribution in [3.8, 4) is 0 Å². The first-order valence-corrected chi connectivity index (χ1v) is 13.1. The zero-order valence-electron chi connectivity index (χ0n) is 17.5. The Morgan fingerprint density at radius 3 is 2.58 bits per heavy atom. The largest absolute Gasteiger partial charge is 0.394 e. The number of aliphatic hydroxyl groups excluding tert-OH is 1. The molecule has 2 aliphatic carbocycles. The van der Waals surface area contributed by atoms with E-state index in [1.807, 2.05) is 12.1 Å². The highest BCUT2D eigenvalue weighted by molar-refractivity contribution is 7.85. The smallest absolute Gasteiger partial charge is 0.145 e. The number of halogens is 1. The number of aryl methyl sites for hydroxylation is 1. The summed E-state index contributed by atoms with van der Waals surface area (Å²) in [5.41, 5.74) is 2.25. The number of pyridine rings is 1. The predicted molar refractivity (Wildman–Crippen MR) is 125 cm³/mol. The molecular weight excluding hydrogens is 430 g/mol. The van der Waals surface area contributed by atoms with Gasteiger partial charge in [0.05, 0.1) is 27.8 Å². The third-order valence-electron chi connectivity index (χ3n) is 7.87. The second kappa shape index (κ2) is 7.46. The van der Waals surface area contributed by atoms with Crippen molar-refractivity contribution in [1.29, 1.82) is 0 Å². The molecule has 5 aliphatic rings. The third kappa shape index (κ3) is 3.30. The number of aliphatic hydroxyl groups is 1. The van der Waals surface area contributed by atoms with Gasteiger partial charge >= 0.3 is 0 Å². The van der Waals surface area contributed by atoms with Crippen LogP contribution in [-0.2, 0) is 17.2 Å². The van der Waals surface area contributed by atoms with E-state index in [9.17, 15) is 9.32 Å². The van der Waals surface area contributed by atoms with E-state index in [1.54, 1.807) is 0 Å². The van der Waals surface area contributed by atoms with Crippen LogP contribution in [0, 0.1) is 0 Å². The zero-order chi connectivity index (χ0) is 21.2. The van der Waals surface area contributed by atoms with Crippen molar-refractivity contribution in [2.75, 3.05) is 22.6 Å². The van der Waals surface area contributed by atoms with Crippen LogP contribution in [0.15, 0.2) is 35.2 Å². The van der Waals surface area contributed by atoms with Gasteiger partial charge in [0, 0.05) is 22.9 Å². The van der Waals surface area contributed by atoms with Crippen molar-refractivity contribution in [2.24, 2.45) is 0 Å². The summed E-state index contributed by atoms with van der Waals surface area (Å²) in [6.07, 6.45) is 7.31. The summed E-state index contributed by atoms with van der Waals surface area (Å²) in [5, 5.41) is 14.3. The number of nitrogens with zero attached hydrogens (tertiary/aromatic N) is 2. The number of nitrogens with one attached hydrogen (secondary N) is 1. The summed E-state index contributed by atoms with van der Waals surface area (Å²) < 4.78 is 12.7. The summed E-state index contributed by atoms with van der Waals surface area (Å²) >= 11 is 6.07. The van der Waals surface area contributed by atoms with E-state index in [0.29, 0.717) is 23.8 Å². The Labute approximate surface area is 190 Å². The molecule has 2 unspecified atom stereocenters. The first-order valence-electron chi connectivity index (χ1n) is 11.4. The third-order valence-corrected chi connectivity index (χ3v) is 9.61. The van der Waals surface area contributed by atoms with Gasteiger partial charge in [-0.15, -0.1) is 0 Å². The second-order valence-electron chi connectivity index (χ2n) is 9.70. The van der Waals surface area contributed by atoms with E-state index in [0.717, 1.165) is 65.6 Å². The van der Waals surface area contributed by atoms with Crippen LogP contribution in [0.5, 0.6) is 0 Å². The number of piperidine rings is 1. The quantitative estimate of drug-likeness (QED) is 0.702. The van der Waals surface area contributed by atoms with Crippen LogP contribution in [0.2, 0.25) is 5.02 Å². The van der Waals surface area contributed by atoms with E-state index in [2.05, 4.69) is 28.4 Å². The molecule has 164 valence electrons.